The second kappa shape index (κ2) is 10.6. The van der Waals surface area contributed by atoms with Gasteiger partial charge in [0, 0.05) is 5.02 Å². The fourth-order valence-electron chi connectivity index (χ4n) is 3.51. The molecule has 0 saturated carbocycles. The summed E-state index contributed by atoms with van der Waals surface area (Å²) in [5.74, 6) is -3.21. The van der Waals surface area contributed by atoms with E-state index >= 15 is 0 Å². The van der Waals surface area contributed by atoms with Gasteiger partial charge in [0.2, 0.25) is 5.79 Å². The maximum Gasteiger partial charge on any atom is 0.339 e. The average molecular weight is 515 g/mol. The van der Waals surface area contributed by atoms with Crippen LogP contribution in [0.4, 0.5) is 0 Å². The first kappa shape index (κ1) is 26.5. The van der Waals surface area contributed by atoms with Crippen LogP contribution in [0.3, 0.4) is 0 Å². The third-order valence-corrected chi connectivity index (χ3v) is 5.97. The van der Waals surface area contributed by atoms with Gasteiger partial charge in [-0.2, -0.15) is 0 Å². The third kappa shape index (κ3) is 5.27. The van der Waals surface area contributed by atoms with Gasteiger partial charge in [-0.1, -0.05) is 23.2 Å². The zero-order valence-corrected chi connectivity index (χ0v) is 18.4. The SMILES string of the molecule is O=C(OCC1OC(OC2(CO)OC(CO)C(O)C2O)C(O)C(O)C1O)c1ccc(Cl)cc1Cl. The van der Waals surface area contributed by atoms with Crippen molar-refractivity contribution < 1.29 is 59.5 Å². The predicted molar refractivity (Wildman–Crippen MR) is 108 cm³/mol. The van der Waals surface area contributed by atoms with Crippen molar-refractivity contribution in [3.8, 4) is 0 Å². The lowest BCUT2D eigenvalue weighted by molar-refractivity contribution is -0.383. The topological polar surface area (TPSA) is 196 Å². The van der Waals surface area contributed by atoms with Gasteiger partial charge in [0.25, 0.3) is 0 Å². The molecule has 0 bridgehead atoms. The minimum Gasteiger partial charge on any atom is -0.459 e. The molecular weight excluding hydrogens is 491 g/mol. The predicted octanol–water partition coefficient (Wildman–Crippen LogP) is -2.22. The van der Waals surface area contributed by atoms with Crippen molar-refractivity contribution in [2.75, 3.05) is 19.8 Å². The third-order valence-electron chi connectivity index (χ3n) is 5.42. The van der Waals surface area contributed by atoms with Crippen LogP contribution in [0.5, 0.6) is 0 Å². The van der Waals surface area contributed by atoms with Crippen molar-refractivity contribution >= 4 is 29.2 Å². The Labute approximate surface area is 197 Å². The van der Waals surface area contributed by atoms with Gasteiger partial charge in [-0.25, -0.2) is 4.79 Å². The van der Waals surface area contributed by atoms with Crippen molar-refractivity contribution in [3.63, 3.8) is 0 Å². The summed E-state index contributed by atoms with van der Waals surface area (Å²) in [6, 6.07) is 4.06. The Morgan fingerprint density at radius 1 is 1.00 bits per heavy atom. The van der Waals surface area contributed by atoms with E-state index in [-0.39, 0.29) is 10.6 Å². The van der Waals surface area contributed by atoms with Gasteiger partial charge in [-0.05, 0) is 18.2 Å². The molecule has 0 spiro atoms. The smallest absolute Gasteiger partial charge is 0.339 e. The monoisotopic (exact) mass is 514 g/mol. The normalized spacial score (nSPS) is 38.9. The van der Waals surface area contributed by atoms with Crippen LogP contribution in [0, 0.1) is 0 Å². The van der Waals surface area contributed by atoms with E-state index in [1.807, 2.05) is 0 Å². The lowest BCUT2D eigenvalue weighted by atomic mass is 9.99. The maximum absolute atomic E-state index is 12.3. The molecule has 9 unspecified atom stereocenters. The summed E-state index contributed by atoms with van der Waals surface area (Å²) in [6.07, 6.45) is -13.5. The molecule has 1 aromatic carbocycles. The minimum absolute atomic E-state index is 0.0172. The molecule has 3 rings (SSSR count). The summed E-state index contributed by atoms with van der Waals surface area (Å²) in [5.41, 5.74) is -0.0227. The van der Waals surface area contributed by atoms with E-state index in [0.29, 0.717) is 5.02 Å². The van der Waals surface area contributed by atoms with Crippen molar-refractivity contribution in [1.82, 2.24) is 0 Å². The van der Waals surface area contributed by atoms with Crippen molar-refractivity contribution in [1.29, 1.82) is 0 Å². The number of aliphatic hydroxyl groups is 7. The highest BCUT2D eigenvalue weighted by molar-refractivity contribution is 6.36. The van der Waals surface area contributed by atoms with Crippen molar-refractivity contribution in [2.45, 2.75) is 54.8 Å². The molecule has 0 aromatic heterocycles. The molecule has 14 heteroatoms. The van der Waals surface area contributed by atoms with Crippen molar-refractivity contribution in [2.24, 2.45) is 0 Å². The first-order valence-corrected chi connectivity index (χ1v) is 10.6. The molecule has 0 aliphatic carbocycles. The second-order valence-electron chi connectivity index (χ2n) is 7.60. The average Bonchev–Trinajstić information content (AvgIpc) is 3.03. The highest BCUT2D eigenvalue weighted by Crippen LogP contribution is 2.36. The molecule has 2 heterocycles. The zero-order chi connectivity index (χ0) is 24.5. The second-order valence-corrected chi connectivity index (χ2v) is 8.44. The molecule has 2 aliphatic rings. The lowest BCUT2D eigenvalue weighted by Crippen LogP contribution is -2.62. The molecule has 2 aliphatic heterocycles. The molecule has 2 saturated heterocycles. The number of benzene rings is 1. The number of halogens is 2. The molecule has 33 heavy (non-hydrogen) atoms. The number of hydrogen-bond donors (Lipinski definition) is 7. The molecule has 1 aromatic rings. The number of ether oxygens (including phenoxy) is 4. The molecule has 0 amide bonds. The first-order chi connectivity index (χ1) is 15.5. The van der Waals surface area contributed by atoms with E-state index in [9.17, 15) is 40.5 Å². The number of hydrogen-bond acceptors (Lipinski definition) is 12. The summed E-state index contributed by atoms with van der Waals surface area (Å²) in [7, 11) is 0. The quantitative estimate of drug-likeness (QED) is 0.194. The summed E-state index contributed by atoms with van der Waals surface area (Å²) in [6.45, 7) is -2.35. The standard InChI is InChI=1S/C19H24Cl2O12/c20-7-1-2-8(9(21)3-7)17(29)30-5-11-12(24)14(26)15(27)18(31-11)33-19(6-23)16(28)13(25)10(4-22)32-19/h1-3,10-16,18,22-28H,4-6H2. The number of carbonyl (C=O) groups excluding carboxylic acids is 1. The number of esters is 1. The van der Waals surface area contributed by atoms with Gasteiger partial charge in [-0.15, -0.1) is 0 Å². The maximum atomic E-state index is 12.3. The van der Waals surface area contributed by atoms with E-state index < -0.39 is 80.6 Å². The van der Waals surface area contributed by atoms with E-state index in [1.165, 1.54) is 18.2 Å². The summed E-state index contributed by atoms with van der Waals surface area (Å²) >= 11 is 11.7. The Kier molecular flexibility index (Phi) is 8.54. The molecule has 12 nitrogen and oxygen atoms in total. The fourth-order valence-corrected chi connectivity index (χ4v) is 3.99. The summed E-state index contributed by atoms with van der Waals surface area (Å²) in [4.78, 5) is 12.3. The zero-order valence-electron chi connectivity index (χ0n) is 16.9. The number of carbonyl (C=O) groups is 1. The molecule has 7 N–H and O–H groups in total. The van der Waals surface area contributed by atoms with Gasteiger partial charge in [0.15, 0.2) is 6.29 Å². The van der Waals surface area contributed by atoms with Crippen LogP contribution in [0.2, 0.25) is 10.0 Å². The largest absolute Gasteiger partial charge is 0.459 e. The van der Waals surface area contributed by atoms with E-state index in [4.69, 9.17) is 42.1 Å². The van der Waals surface area contributed by atoms with Crippen LogP contribution in [-0.2, 0) is 18.9 Å². The Morgan fingerprint density at radius 2 is 1.70 bits per heavy atom. The highest BCUT2D eigenvalue weighted by Gasteiger charge is 2.58. The molecule has 2 fully saturated rings. The molecule has 0 radical (unpaired) electrons. The first-order valence-electron chi connectivity index (χ1n) is 9.80. The Morgan fingerprint density at radius 3 is 2.27 bits per heavy atom. The number of aliphatic hydroxyl groups excluding tert-OH is 7. The van der Waals surface area contributed by atoms with Crippen molar-refractivity contribution in [3.05, 3.63) is 33.8 Å². The van der Waals surface area contributed by atoms with Gasteiger partial charge in [0.1, 0.15) is 55.9 Å². The van der Waals surface area contributed by atoms with E-state index in [0.717, 1.165) is 0 Å². The minimum atomic E-state index is -2.32. The summed E-state index contributed by atoms with van der Waals surface area (Å²) < 4.78 is 21.1. The van der Waals surface area contributed by atoms with E-state index in [2.05, 4.69) is 0 Å². The van der Waals surface area contributed by atoms with Gasteiger partial charge in [0.05, 0.1) is 17.2 Å². The Balaban J connectivity index is 1.71. The van der Waals surface area contributed by atoms with Crippen LogP contribution < -0.4 is 0 Å². The van der Waals surface area contributed by atoms with Crippen LogP contribution >= 0.6 is 23.2 Å². The molecular formula is C19H24Cl2O12. The van der Waals surface area contributed by atoms with Crippen LogP contribution in [-0.4, -0.2) is 116 Å². The van der Waals surface area contributed by atoms with Crippen LogP contribution in [0.15, 0.2) is 18.2 Å². The Hall–Kier alpha value is -1.13. The lowest BCUT2D eigenvalue weighted by Gasteiger charge is -2.43. The summed E-state index contributed by atoms with van der Waals surface area (Å²) in [5, 5.41) is 70.2. The highest BCUT2D eigenvalue weighted by atomic mass is 35.5. The molecule has 9 atom stereocenters. The molecule has 186 valence electrons. The Bertz CT molecular complexity index is 843. The van der Waals surface area contributed by atoms with Gasteiger partial charge >= 0.3 is 5.97 Å². The van der Waals surface area contributed by atoms with Crippen LogP contribution in [0.25, 0.3) is 0 Å². The van der Waals surface area contributed by atoms with E-state index in [1.54, 1.807) is 0 Å². The van der Waals surface area contributed by atoms with Gasteiger partial charge < -0.3 is 54.7 Å². The fraction of sp³-hybridized carbons (Fsp3) is 0.632. The number of rotatable bonds is 7. The van der Waals surface area contributed by atoms with Crippen LogP contribution in [0.1, 0.15) is 10.4 Å². The van der Waals surface area contributed by atoms with Gasteiger partial charge in [-0.3, -0.25) is 0 Å².